The van der Waals surface area contributed by atoms with Gasteiger partial charge in [-0.3, -0.25) is 4.79 Å². The highest BCUT2D eigenvalue weighted by Gasteiger charge is 2.21. The van der Waals surface area contributed by atoms with Crippen molar-refractivity contribution in [3.63, 3.8) is 0 Å². The third kappa shape index (κ3) is 2.75. The van der Waals surface area contributed by atoms with Crippen molar-refractivity contribution in [3.05, 3.63) is 29.8 Å². The van der Waals surface area contributed by atoms with E-state index in [1.165, 1.54) is 5.56 Å². The summed E-state index contributed by atoms with van der Waals surface area (Å²) in [4.78, 5) is 11.6. The molecule has 0 aromatic heterocycles. The fraction of sp³-hybridized carbons (Fsp3) is 0.462. The molecule has 1 N–H and O–H groups in total. The fourth-order valence-corrected chi connectivity index (χ4v) is 1.80. The first-order valence-corrected chi connectivity index (χ1v) is 5.77. The molecule has 1 aliphatic rings. The van der Waals surface area contributed by atoms with Gasteiger partial charge in [0.05, 0.1) is 0 Å². The van der Waals surface area contributed by atoms with E-state index in [0.717, 1.165) is 31.6 Å². The molecule has 0 radical (unpaired) electrons. The summed E-state index contributed by atoms with van der Waals surface area (Å²) in [5.74, 6) is 0.783. The Morgan fingerprint density at radius 3 is 2.75 bits per heavy atom. The van der Waals surface area contributed by atoms with E-state index in [0.29, 0.717) is 0 Å². The van der Waals surface area contributed by atoms with Gasteiger partial charge in [-0.15, -0.1) is 0 Å². The zero-order valence-electron chi connectivity index (χ0n) is 9.53. The lowest BCUT2D eigenvalue weighted by Gasteiger charge is -2.15. The molecule has 0 spiro atoms. The first kappa shape index (κ1) is 11.0. The van der Waals surface area contributed by atoms with E-state index < -0.39 is 0 Å². The topological polar surface area (TPSA) is 38.3 Å². The molecule has 1 fully saturated rings. The van der Waals surface area contributed by atoms with Crippen LogP contribution >= 0.6 is 0 Å². The van der Waals surface area contributed by atoms with Gasteiger partial charge in [0, 0.05) is 6.54 Å². The molecule has 1 unspecified atom stereocenters. The molecule has 1 saturated heterocycles. The number of ether oxygens (including phenoxy) is 1. The second-order valence-electron chi connectivity index (χ2n) is 4.21. The van der Waals surface area contributed by atoms with E-state index >= 15 is 0 Å². The van der Waals surface area contributed by atoms with Crippen LogP contribution in [0.3, 0.4) is 0 Å². The van der Waals surface area contributed by atoms with Crippen molar-refractivity contribution >= 4 is 5.91 Å². The number of carbonyl (C=O) groups excluding carboxylic acids is 1. The number of hydrogen-bond donors (Lipinski definition) is 1. The summed E-state index contributed by atoms with van der Waals surface area (Å²) >= 11 is 0. The van der Waals surface area contributed by atoms with E-state index in [4.69, 9.17) is 4.74 Å². The maximum absolute atomic E-state index is 11.6. The van der Waals surface area contributed by atoms with Crippen LogP contribution in [0, 0.1) is 6.92 Å². The van der Waals surface area contributed by atoms with Crippen LogP contribution in [-0.2, 0) is 4.79 Å². The standard InChI is InChI=1S/C13H17NO2/c1-10-5-7-11(8-6-10)16-12-4-2-3-9-14-13(12)15/h5-8,12H,2-4,9H2,1H3,(H,14,15). The van der Waals surface area contributed by atoms with Gasteiger partial charge in [-0.25, -0.2) is 0 Å². The largest absolute Gasteiger partial charge is 0.481 e. The average Bonchev–Trinajstić information content (AvgIpc) is 2.48. The zero-order valence-corrected chi connectivity index (χ0v) is 9.53. The predicted octanol–water partition coefficient (Wildman–Crippen LogP) is 2.04. The van der Waals surface area contributed by atoms with Gasteiger partial charge in [0.2, 0.25) is 0 Å². The number of aryl methyl sites for hydroxylation is 1. The molecule has 0 saturated carbocycles. The Hall–Kier alpha value is -1.51. The molecule has 1 aromatic rings. The van der Waals surface area contributed by atoms with Crippen LogP contribution < -0.4 is 10.1 Å². The molecule has 0 aliphatic carbocycles. The molecule has 16 heavy (non-hydrogen) atoms. The summed E-state index contributed by atoms with van der Waals surface area (Å²) in [5.41, 5.74) is 1.19. The first-order chi connectivity index (χ1) is 7.75. The second kappa shape index (κ2) is 5.01. The Balaban J connectivity index is 2.02. The highest BCUT2D eigenvalue weighted by Crippen LogP contribution is 2.17. The smallest absolute Gasteiger partial charge is 0.261 e. The van der Waals surface area contributed by atoms with Crippen LogP contribution in [0.15, 0.2) is 24.3 Å². The van der Waals surface area contributed by atoms with Crippen LogP contribution in [0.5, 0.6) is 5.75 Å². The Labute approximate surface area is 95.8 Å². The Morgan fingerprint density at radius 1 is 1.25 bits per heavy atom. The number of rotatable bonds is 2. The summed E-state index contributed by atoms with van der Waals surface area (Å²) in [6.07, 6.45) is 2.55. The third-order valence-electron chi connectivity index (χ3n) is 2.78. The van der Waals surface area contributed by atoms with Gasteiger partial charge in [-0.05, 0) is 38.3 Å². The summed E-state index contributed by atoms with van der Waals surface area (Å²) in [7, 11) is 0. The van der Waals surface area contributed by atoms with Crippen molar-refractivity contribution in [2.75, 3.05) is 6.54 Å². The van der Waals surface area contributed by atoms with Crippen molar-refractivity contribution in [2.24, 2.45) is 0 Å². The number of nitrogens with one attached hydrogen (secondary N) is 1. The van der Waals surface area contributed by atoms with Crippen molar-refractivity contribution in [3.8, 4) is 5.75 Å². The highest BCUT2D eigenvalue weighted by atomic mass is 16.5. The first-order valence-electron chi connectivity index (χ1n) is 5.77. The van der Waals surface area contributed by atoms with Crippen molar-refractivity contribution in [2.45, 2.75) is 32.3 Å². The molecule has 1 heterocycles. The molecule has 1 amide bonds. The lowest BCUT2D eigenvalue weighted by Crippen LogP contribution is -2.36. The van der Waals surface area contributed by atoms with Crippen LogP contribution in [0.4, 0.5) is 0 Å². The SMILES string of the molecule is Cc1ccc(OC2CCCCNC2=O)cc1. The summed E-state index contributed by atoms with van der Waals surface area (Å²) in [5, 5.41) is 2.86. The van der Waals surface area contributed by atoms with E-state index in [1.807, 2.05) is 31.2 Å². The Morgan fingerprint density at radius 2 is 2.00 bits per heavy atom. The molecule has 1 atom stereocenters. The second-order valence-corrected chi connectivity index (χ2v) is 4.21. The summed E-state index contributed by atoms with van der Waals surface area (Å²) in [6.45, 7) is 2.80. The summed E-state index contributed by atoms with van der Waals surface area (Å²) in [6, 6.07) is 7.80. The van der Waals surface area contributed by atoms with Crippen LogP contribution in [0.25, 0.3) is 0 Å². The molecular formula is C13H17NO2. The number of carbonyl (C=O) groups is 1. The number of hydrogen-bond acceptors (Lipinski definition) is 2. The predicted molar refractivity (Wildman–Crippen MR) is 62.5 cm³/mol. The Bertz CT molecular complexity index is 359. The minimum absolute atomic E-state index is 0.0121. The molecule has 2 rings (SSSR count). The minimum Gasteiger partial charge on any atom is -0.481 e. The van der Waals surface area contributed by atoms with Crippen molar-refractivity contribution in [1.29, 1.82) is 0 Å². The monoisotopic (exact) mass is 219 g/mol. The van der Waals surface area contributed by atoms with E-state index in [9.17, 15) is 4.79 Å². The quantitative estimate of drug-likeness (QED) is 0.826. The van der Waals surface area contributed by atoms with E-state index in [2.05, 4.69) is 5.32 Å². The average molecular weight is 219 g/mol. The normalized spacial score (nSPS) is 21.1. The van der Waals surface area contributed by atoms with Crippen LogP contribution in [0.1, 0.15) is 24.8 Å². The number of benzene rings is 1. The van der Waals surface area contributed by atoms with Gasteiger partial charge in [-0.1, -0.05) is 17.7 Å². The third-order valence-corrected chi connectivity index (χ3v) is 2.78. The lowest BCUT2D eigenvalue weighted by atomic mass is 10.2. The molecule has 86 valence electrons. The minimum atomic E-state index is -0.329. The number of amides is 1. The van der Waals surface area contributed by atoms with Gasteiger partial charge in [-0.2, -0.15) is 0 Å². The van der Waals surface area contributed by atoms with Gasteiger partial charge >= 0.3 is 0 Å². The van der Waals surface area contributed by atoms with Crippen LogP contribution in [-0.4, -0.2) is 18.6 Å². The molecule has 3 nitrogen and oxygen atoms in total. The fourth-order valence-electron chi connectivity index (χ4n) is 1.80. The van der Waals surface area contributed by atoms with Crippen molar-refractivity contribution < 1.29 is 9.53 Å². The van der Waals surface area contributed by atoms with Gasteiger partial charge in [0.25, 0.3) is 5.91 Å². The van der Waals surface area contributed by atoms with Gasteiger partial charge in [0.15, 0.2) is 6.10 Å². The van der Waals surface area contributed by atoms with E-state index in [1.54, 1.807) is 0 Å². The zero-order chi connectivity index (χ0) is 11.4. The molecule has 1 aromatic carbocycles. The maximum atomic E-state index is 11.6. The Kier molecular flexibility index (Phi) is 3.44. The van der Waals surface area contributed by atoms with Gasteiger partial charge in [0.1, 0.15) is 5.75 Å². The highest BCUT2D eigenvalue weighted by molar-refractivity contribution is 5.81. The molecule has 3 heteroatoms. The molecule has 1 aliphatic heterocycles. The summed E-state index contributed by atoms with van der Waals surface area (Å²) < 4.78 is 5.69. The molecular weight excluding hydrogens is 202 g/mol. The van der Waals surface area contributed by atoms with Crippen molar-refractivity contribution in [1.82, 2.24) is 5.32 Å². The maximum Gasteiger partial charge on any atom is 0.261 e. The van der Waals surface area contributed by atoms with E-state index in [-0.39, 0.29) is 12.0 Å². The lowest BCUT2D eigenvalue weighted by molar-refractivity contribution is -0.127. The molecule has 0 bridgehead atoms. The van der Waals surface area contributed by atoms with Gasteiger partial charge < -0.3 is 10.1 Å². The van der Waals surface area contributed by atoms with Crippen LogP contribution in [0.2, 0.25) is 0 Å².